The Balaban J connectivity index is 1.64. The molecule has 3 nitrogen and oxygen atoms in total. The summed E-state index contributed by atoms with van der Waals surface area (Å²) in [6.45, 7) is 11.2. The largest absolute Gasteiger partial charge is 0.493 e. The monoisotopic (exact) mass is 287 g/mol. The van der Waals surface area contributed by atoms with Gasteiger partial charge < -0.3 is 14.5 Å². The van der Waals surface area contributed by atoms with Crippen molar-refractivity contribution in [1.82, 2.24) is 5.32 Å². The second-order valence-corrected chi connectivity index (χ2v) is 7.22. The van der Waals surface area contributed by atoms with Crippen molar-refractivity contribution in [1.29, 1.82) is 0 Å². The van der Waals surface area contributed by atoms with Crippen molar-refractivity contribution in [3.8, 4) is 5.75 Å². The van der Waals surface area contributed by atoms with Gasteiger partial charge in [0, 0.05) is 5.39 Å². The van der Waals surface area contributed by atoms with Crippen LogP contribution in [0.25, 0.3) is 11.0 Å². The van der Waals surface area contributed by atoms with E-state index >= 15 is 0 Å². The Morgan fingerprint density at radius 2 is 1.90 bits per heavy atom. The van der Waals surface area contributed by atoms with Gasteiger partial charge in [-0.05, 0) is 35.4 Å². The lowest BCUT2D eigenvalue weighted by Crippen LogP contribution is -2.18. The molecule has 0 bridgehead atoms. The fourth-order valence-corrected chi connectivity index (χ4v) is 3.52. The van der Waals surface area contributed by atoms with Crippen molar-refractivity contribution < 1.29 is 9.15 Å². The Morgan fingerprint density at radius 1 is 1.19 bits per heavy atom. The number of furan rings is 1. The Hall–Kier alpha value is -1.48. The lowest BCUT2D eigenvalue weighted by molar-refractivity contribution is 0.405. The third-order valence-corrected chi connectivity index (χ3v) is 5.75. The fourth-order valence-electron chi connectivity index (χ4n) is 3.52. The highest BCUT2D eigenvalue weighted by Crippen LogP contribution is 2.67. The van der Waals surface area contributed by atoms with Crippen LogP contribution in [0.15, 0.2) is 28.7 Å². The van der Waals surface area contributed by atoms with E-state index in [0.717, 1.165) is 41.5 Å². The lowest BCUT2D eigenvalue weighted by Gasteiger charge is -2.04. The molecule has 0 amide bonds. The minimum atomic E-state index is 0.428. The van der Waals surface area contributed by atoms with Crippen LogP contribution in [0.4, 0.5) is 0 Å². The number of para-hydroxylation sites is 1. The average molecular weight is 287 g/mol. The molecule has 0 atom stereocenters. The molecule has 0 aliphatic heterocycles. The Kier molecular flexibility index (Phi) is 3.28. The summed E-state index contributed by atoms with van der Waals surface area (Å²) < 4.78 is 11.2. The molecular weight excluding hydrogens is 262 g/mol. The van der Waals surface area contributed by atoms with Gasteiger partial charge in [-0.2, -0.15) is 0 Å². The molecule has 1 aliphatic carbocycles. The Morgan fingerprint density at radius 3 is 2.52 bits per heavy atom. The van der Waals surface area contributed by atoms with Crippen LogP contribution in [-0.2, 0) is 6.54 Å². The molecule has 21 heavy (non-hydrogen) atoms. The van der Waals surface area contributed by atoms with Crippen LogP contribution >= 0.6 is 0 Å². The molecule has 0 radical (unpaired) electrons. The van der Waals surface area contributed by atoms with E-state index in [4.69, 9.17) is 9.15 Å². The minimum absolute atomic E-state index is 0.428. The average Bonchev–Trinajstić information content (AvgIpc) is 2.78. The molecule has 3 rings (SSSR count). The maximum atomic E-state index is 5.91. The van der Waals surface area contributed by atoms with Gasteiger partial charge >= 0.3 is 0 Å². The van der Waals surface area contributed by atoms with Crippen LogP contribution in [0.3, 0.4) is 0 Å². The van der Waals surface area contributed by atoms with Gasteiger partial charge in [0.2, 0.25) is 0 Å². The first kappa shape index (κ1) is 14.5. The zero-order valence-corrected chi connectivity index (χ0v) is 13.6. The molecule has 3 heteroatoms. The lowest BCUT2D eigenvalue weighted by atomic mass is 10.0. The molecule has 1 aromatic heterocycles. The number of rotatable bonds is 5. The van der Waals surface area contributed by atoms with Crippen molar-refractivity contribution in [3.05, 3.63) is 30.0 Å². The SMILES string of the molecule is COc1cccc2cc(CNCC3C(C)(C)C3(C)C)oc12. The van der Waals surface area contributed by atoms with E-state index in [1.54, 1.807) is 7.11 Å². The van der Waals surface area contributed by atoms with Crippen molar-refractivity contribution in [2.45, 2.75) is 34.2 Å². The second kappa shape index (κ2) is 4.77. The Bertz CT molecular complexity index is 640. The van der Waals surface area contributed by atoms with Crippen LogP contribution in [-0.4, -0.2) is 13.7 Å². The standard InChI is InChI=1S/C18H25NO2/c1-17(2)15(18(17,3)4)11-19-10-13-9-12-7-6-8-14(20-5)16(12)21-13/h6-9,15,19H,10-11H2,1-5H3. The Labute approximate surface area is 126 Å². The molecule has 0 spiro atoms. The first-order valence-electron chi connectivity index (χ1n) is 7.64. The van der Waals surface area contributed by atoms with Gasteiger partial charge in [-0.15, -0.1) is 0 Å². The molecule has 1 saturated carbocycles. The van der Waals surface area contributed by atoms with Gasteiger partial charge in [0.1, 0.15) is 5.76 Å². The molecule has 114 valence electrons. The molecule has 1 N–H and O–H groups in total. The number of hydrogen-bond donors (Lipinski definition) is 1. The molecule has 1 fully saturated rings. The summed E-state index contributed by atoms with van der Waals surface area (Å²) in [5.41, 5.74) is 1.69. The van der Waals surface area contributed by atoms with E-state index in [-0.39, 0.29) is 0 Å². The topological polar surface area (TPSA) is 34.4 Å². The first-order chi connectivity index (χ1) is 9.88. The fraction of sp³-hybridized carbons (Fsp3) is 0.556. The van der Waals surface area contributed by atoms with Gasteiger partial charge in [-0.3, -0.25) is 0 Å². The predicted octanol–water partition coefficient (Wildman–Crippen LogP) is 4.21. The number of fused-ring (bicyclic) bond motifs is 1. The first-order valence-corrected chi connectivity index (χ1v) is 7.64. The molecule has 1 aromatic carbocycles. The van der Waals surface area contributed by atoms with Crippen LogP contribution in [0.5, 0.6) is 5.75 Å². The van der Waals surface area contributed by atoms with Crippen LogP contribution in [0, 0.1) is 16.7 Å². The summed E-state index contributed by atoms with van der Waals surface area (Å²) in [6.07, 6.45) is 0. The summed E-state index contributed by atoms with van der Waals surface area (Å²) in [5, 5.41) is 4.63. The quantitative estimate of drug-likeness (QED) is 0.894. The van der Waals surface area contributed by atoms with Crippen molar-refractivity contribution in [3.63, 3.8) is 0 Å². The van der Waals surface area contributed by atoms with Crippen molar-refractivity contribution in [2.24, 2.45) is 16.7 Å². The normalized spacial score (nSPS) is 19.9. The molecular formula is C18H25NO2. The van der Waals surface area contributed by atoms with Crippen LogP contribution in [0.1, 0.15) is 33.5 Å². The minimum Gasteiger partial charge on any atom is -0.493 e. The summed E-state index contributed by atoms with van der Waals surface area (Å²) >= 11 is 0. The second-order valence-electron chi connectivity index (χ2n) is 7.22. The van der Waals surface area contributed by atoms with Gasteiger partial charge in [-0.25, -0.2) is 0 Å². The summed E-state index contributed by atoms with van der Waals surface area (Å²) in [4.78, 5) is 0. The number of nitrogens with one attached hydrogen (secondary N) is 1. The number of benzene rings is 1. The van der Waals surface area contributed by atoms with Gasteiger partial charge in [0.15, 0.2) is 11.3 Å². The third-order valence-electron chi connectivity index (χ3n) is 5.75. The molecule has 0 unspecified atom stereocenters. The highest BCUT2D eigenvalue weighted by atomic mass is 16.5. The highest BCUT2D eigenvalue weighted by molar-refractivity contribution is 5.83. The van der Waals surface area contributed by atoms with E-state index in [2.05, 4.69) is 45.1 Å². The zero-order valence-electron chi connectivity index (χ0n) is 13.6. The van der Waals surface area contributed by atoms with Gasteiger partial charge in [0.25, 0.3) is 0 Å². The molecule has 1 aliphatic rings. The van der Waals surface area contributed by atoms with Crippen LogP contribution in [0.2, 0.25) is 0 Å². The third kappa shape index (κ3) is 2.24. The van der Waals surface area contributed by atoms with Gasteiger partial charge in [0.05, 0.1) is 13.7 Å². The summed E-state index contributed by atoms with van der Waals surface area (Å²) in [6, 6.07) is 8.06. The smallest absolute Gasteiger partial charge is 0.176 e. The van der Waals surface area contributed by atoms with E-state index in [0.29, 0.717) is 10.8 Å². The van der Waals surface area contributed by atoms with Crippen molar-refractivity contribution in [2.75, 3.05) is 13.7 Å². The number of methoxy groups -OCH3 is 1. The van der Waals surface area contributed by atoms with E-state index in [1.165, 1.54) is 0 Å². The maximum absolute atomic E-state index is 5.91. The predicted molar refractivity (Wildman–Crippen MR) is 85.5 cm³/mol. The molecule has 0 saturated heterocycles. The molecule has 1 heterocycles. The highest BCUT2D eigenvalue weighted by Gasteiger charge is 2.63. The van der Waals surface area contributed by atoms with Crippen LogP contribution < -0.4 is 10.1 Å². The number of hydrogen-bond acceptors (Lipinski definition) is 3. The van der Waals surface area contributed by atoms with Gasteiger partial charge in [-0.1, -0.05) is 39.8 Å². The van der Waals surface area contributed by atoms with E-state index in [1.807, 2.05) is 12.1 Å². The summed E-state index contributed by atoms with van der Waals surface area (Å²) in [7, 11) is 1.67. The van der Waals surface area contributed by atoms with Crippen molar-refractivity contribution >= 4 is 11.0 Å². The maximum Gasteiger partial charge on any atom is 0.176 e. The molecule has 2 aromatic rings. The zero-order chi connectivity index (χ0) is 15.3. The van der Waals surface area contributed by atoms with E-state index in [9.17, 15) is 0 Å². The number of ether oxygens (including phenoxy) is 1. The summed E-state index contributed by atoms with van der Waals surface area (Å²) in [5.74, 6) is 2.48. The van der Waals surface area contributed by atoms with E-state index < -0.39 is 0 Å².